The van der Waals surface area contributed by atoms with Gasteiger partial charge in [-0.25, -0.2) is 0 Å². The number of hydrogen-bond acceptors (Lipinski definition) is 2. The van der Waals surface area contributed by atoms with Gasteiger partial charge in [0.2, 0.25) is 0 Å². The molecule has 0 spiro atoms. The van der Waals surface area contributed by atoms with E-state index in [-0.39, 0.29) is 0 Å². The molecule has 2 heteroatoms. The van der Waals surface area contributed by atoms with Crippen molar-refractivity contribution in [1.29, 1.82) is 0 Å². The van der Waals surface area contributed by atoms with Crippen LogP contribution in [-0.4, -0.2) is 37.2 Å². The second-order valence-electron chi connectivity index (χ2n) is 6.02. The summed E-state index contributed by atoms with van der Waals surface area (Å²) in [5.41, 5.74) is 0. The van der Waals surface area contributed by atoms with Gasteiger partial charge in [-0.2, -0.15) is 0 Å². The molecular formula is C14H27NO. The summed E-state index contributed by atoms with van der Waals surface area (Å²) in [5.74, 6) is 1.65. The maximum absolute atomic E-state index is 5.92. The fourth-order valence-electron chi connectivity index (χ4n) is 2.66. The van der Waals surface area contributed by atoms with Crippen LogP contribution in [0.15, 0.2) is 0 Å². The molecule has 0 amide bonds. The lowest BCUT2D eigenvalue weighted by Gasteiger charge is -2.34. The summed E-state index contributed by atoms with van der Waals surface area (Å²) in [5, 5.41) is 0. The third-order valence-corrected chi connectivity index (χ3v) is 3.95. The Labute approximate surface area is 100 Å². The van der Waals surface area contributed by atoms with Crippen LogP contribution in [0.5, 0.6) is 0 Å². The van der Waals surface area contributed by atoms with Crippen molar-refractivity contribution in [2.45, 2.75) is 52.1 Å². The van der Waals surface area contributed by atoms with Crippen LogP contribution in [0, 0.1) is 11.8 Å². The molecule has 0 aromatic rings. The van der Waals surface area contributed by atoms with Gasteiger partial charge in [-0.15, -0.1) is 0 Å². The minimum Gasteiger partial charge on any atom is -0.378 e. The molecule has 0 atom stereocenters. The first kappa shape index (κ1) is 12.4. The van der Waals surface area contributed by atoms with Crippen molar-refractivity contribution in [3.8, 4) is 0 Å². The van der Waals surface area contributed by atoms with Crippen molar-refractivity contribution < 1.29 is 4.74 Å². The zero-order chi connectivity index (χ0) is 11.4. The summed E-state index contributed by atoms with van der Waals surface area (Å²) in [6.07, 6.45) is 7.32. The summed E-state index contributed by atoms with van der Waals surface area (Å²) in [4.78, 5) is 2.62. The normalized spacial score (nSPS) is 24.9. The van der Waals surface area contributed by atoms with E-state index in [1.807, 2.05) is 0 Å². The molecule has 0 aromatic carbocycles. The third kappa shape index (κ3) is 3.74. The van der Waals surface area contributed by atoms with Crippen molar-refractivity contribution in [2.75, 3.05) is 26.2 Å². The number of ether oxygens (including phenoxy) is 1. The van der Waals surface area contributed by atoms with Gasteiger partial charge < -0.3 is 9.64 Å². The van der Waals surface area contributed by atoms with Crippen molar-refractivity contribution in [3.05, 3.63) is 0 Å². The molecule has 16 heavy (non-hydrogen) atoms. The highest BCUT2D eigenvalue weighted by atomic mass is 16.5. The van der Waals surface area contributed by atoms with E-state index in [2.05, 4.69) is 18.7 Å². The van der Waals surface area contributed by atoms with E-state index >= 15 is 0 Å². The molecule has 1 saturated carbocycles. The molecule has 94 valence electrons. The van der Waals surface area contributed by atoms with Crippen molar-refractivity contribution in [2.24, 2.45) is 11.8 Å². The predicted octanol–water partition coefficient (Wildman–Crippen LogP) is 2.92. The fraction of sp³-hybridized carbons (Fsp3) is 1.00. The maximum Gasteiger partial charge on any atom is 0.0575 e. The third-order valence-electron chi connectivity index (χ3n) is 3.95. The predicted molar refractivity (Wildman–Crippen MR) is 67.6 cm³/mol. The van der Waals surface area contributed by atoms with Crippen LogP contribution in [-0.2, 0) is 4.74 Å². The summed E-state index contributed by atoms with van der Waals surface area (Å²) in [7, 11) is 0. The lowest BCUT2D eigenvalue weighted by atomic mass is 9.94. The molecular weight excluding hydrogens is 198 g/mol. The molecule has 0 unspecified atom stereocenters. The van der Waals surface area contributed by atoms with Gasteiger partial charge in [-0.3, -0.25) is 0 Å². The van der Waals surface area contributed by atoms with E-state index in [1.165, 1.54) is 51.7 Å². The van der Waals surface area contributed by atoms with Crippen LogP contribution in [0.4, 0.5) is 0 Å². The molecule has 1 aliphatic carbocycles. The number of likely N-dealkylation sites (tertiary alicyclic amines) is 1. The monoisotopic (exact) mass is 225 g/mol. The van der Waals surface area contributed by atoms with Gasteiger partial charge in [-0.1, -0.05) is 13.8 Å². The first-order valence-corrected chi connectivity index (χ1v) is 7.08. The Morgan fingerprint density at radius 3 is 2.31 bits per heavy atom. The van der Waals surface area contributed by atoms with Crippen LogP contribution < -0.4 is 0 Å². The smallest absolute Gasteiger partial charge is 0.0575 e. The Morgan fingerprint density at radius 2 is 1.81 bits per heavy atom. The molecule has 1 aliphatic heterocycles. The van der Waals surface area contributed by atoms with Crippen LogP contribution >= 0.6 is 0 Å². The number of piperidine rings is 1. The first-order chi connectivity index (χ1) is 7.74. The number of rotatable bonds is 5. The first-order valence-electron chi connectivity index (χ1n) is 7.08. The van der Waals surface area contributed by atoms with Crippen molar-refractivity contribution >= 4 is 0 Å². The molecule has 0 radical (unpaired) electrons. The van der Waals surface area contributed by atoms with Gasteiger partial charge in [-0.05, 0) is 57.0 Å². The second kappa shape index (κ2) is 6.02. The molecule has 1 heterocycles. The van der Waals surface area contributed by atoms with Crippen molar-refractivity contribution in [1.82, 2.24) is 4.90 Å². The Bertz CT molecular complexity index is 193. The fourth-order valence-corrected chi connectivity index (χ4v) is 2.66. The Kier molecular flexibility index (Phi) is 4.66. The standard InChI is InChI=1S/C14H27NO/c1-12(2)10-15-8-6-13(7-9-15)11-16-14-4-3-5-14/h12-14H,3-11H2,1-2H3. The van der Waals surface area contributed by atoms with Crippen LogP contribution in [0.3, 0.4) is 0 Å². The van der Waals surface area contributed by atoms with E-state index in [4.69, 9.17) is 4.74 Å². The van der Waals surface area contributed by atoms with E-state index in [9.17, 15) is 0 Å². The molecule has 1 saturated heterocycles. The lowest BCUT2D eigenvalue weighted by Crippen LogP contribution is -2.38. The Hall–Kier alpha value is -0.0800. The molecule has 0 N–H and O–H groups in total. The quantitative estimate of drug-likeness (QED) is 0.713. The van der Waals surface area contributed by atoms with Gasteiger partial charge in [0.15, 0.2) is 0 Å². The topological polar surface area (TPSA) is 12.5 Å². The average Bonchev–Trinajstić information content (AvgIpc) is 2.17. The largest absolute Gasteiger partial charge is 0.378 e. The van der Waals surface area contributed by atoms with Crippen molar-refractivity contribution in [3.63, 3.8) is 0 Å². The molecule has 2 aliphatic rings. The molecule has 0 bridgehead atoms. The van der Waals surface area contributed by atoms with E-state index < -0.39 is 0 Å². The second-order valence-corrected chi connectivity index (χ2v) is 6.02. The van der Waals surface area contributed by atoms with Crippen LogP contribution in [0.1, 0.15) is 46.0 Å². The maximum atomic E-state index is 5.92. The average molecular weight is 225 g/mol. The highest BCUT2D eigenvalue weighted by Crippen LogP contribution is 2.25. The molecule has 2 fully saturated rings. The van der Waals surface area contributed by atoms with Gasteiger partial charge in [0.1, 0.15) is 0 Å². The summed E-state index contributed by atoms with van der Waals surface area (Å²) >= 11 is 0. The Balaban J connectivity index is 1.57. The SMILES string of the molecule is CC(C)CN1CCC(COC2CCC2)CC1. The van der Waals surface area contributed by atoms with Gasteiger partial charge in [0.05, 0.1) is 6.10 Å². The van der Waals surface area contributed by atoms with Gasteiger partial charge >= 0.3 is 0 Å². The van der Waals surface area contributed by atoms with Crippen LogP contribution in [0.2, 0.25) is 0 Å². The van der Waals surface area contributed by atoms with E-state index in [1.54, 1.807) is 0 Å². The highest BCUT2D eigenvalue weighted by Gasteiger charge is 2.23. The lowest BCUT2D eigenvalue weighted by molar-refractivity contribution is -0.0263. The van der Waals surface area contributed by atoms with E-state index in [0.717, 1.165) is 18.4 Å². The highest BCUT2D eigenvalue weighted by molar-refractivity contribution is 4.75. The number of hydrogen-bond donors (Lipinski definition) is 0. The zero-order valence-electron chi connectivity index (χ0n) is 11.0. The summed E-state index contributed by atoms with van der Waals surface area (Å²) < 4.78 is 5.92. The molecule has 2 rings (SSSR count). The summed E-state index contributed by atoms with van der Waals surface area (Å²) in [6.45, 7) is 9.50. The Morgan fingerprint density at radius 1 is 1.12 bits per heavy atom. The van der Waals surface area contributed by atoms with Gasteiger partial charge in [0, 0.05) is 13.2 Å². The summed E-state index contributed by atoms with van der Waals surface area (Å²) in [6, 6.07) is 0. The zero-order valence-corrected chi connectivity index (χ0v) is 11.0. The minimum atomic E-state index is 0.619. The van der Waals surface area contributed by atoms with E-state index in [0.29, 0.717) is 6.10 Å². The molecule has 0 aromatic heterocycles. The van der Waals surface area contributed by atoms with Gasteiger partial charge in [0.25, 0.3) is 0 Å². The minimum absolute atomic E-state index is 0.619. The molecule has 2 nitrogen and oxygen atoms in total. The van der Waals surface area contributed by atoms with Crippen LogP contribution in [0.25, 0.3) is 0 Å². The number of nitrogens with zero attached hydrogens (tertiary/aromatic N) is 1.